The average Bonchev–Trinajstić information content (AvgIpc) is 2.85. The molecule has 1 heterocycles. The highest BCUT2D eigenvalue weighted by molar-refractivity contribution is 5.97. The summed E-state index contributed by atoms with van der Waals surface area (Å²) in [6.45, 7) is 6.40. The van der Waals surface area contributed by atoms with Crippen LogP contribution in [0.2, 0.25) is 0 Å². The number of carbonyl (C=O) groups excluding carboxylic acids is 1. The molecule has 21 heavy (non-hydrogen) atoms. The Balaban J connectivity index is 2.19. The summed E-state index contributed by atoms with van der Waals surface area (Å²) in [6.07, 6.45) is 0. The van der Waals surface area contributed by atoms with E-state index in [1.807, 2.05) is 45.0 Å². The van der Waals surface area contributed by atoms with E-state index in [1.54, 1.807) is 11.7 Å². The maximum absolute atomic E-state index is 12.3. The van der Waals surface area contributed by atoms with Crippen LogP contribution >= 0.6 is 0 Å². The first kappa shape index (κ1) is 15.1. The van der Waals surface area contributed by atoms with E-state index in [2.05, 4.69) is 26.2 Å². The van der Waals surface area contributed by atoms with Gasteiger partial charge in [0.05, 0.1) is 5.54 Å². The van der Waals surface area contributed by atoms with Gasteiger partial charge in [-0.3, -0.25) is 4.79 Å². The molecule has 0 aliphatic heterocycles. The summed E-state index contributed by atoms with van der Waals surface area (Å²) in [5.74, 6) is 0.564. The Labute approximate surface area is 123 Å². The van der Waals surface area contributed by atoms with E-state index in [0.717, 1.165) is 12.1 Å². The van der Waals surface area contributed by atoms with Crippen LogP contribution in [0, 0.1) is 0 Å². The van der Waals surface area contributed by atoms with Crippen molar-refractivity contribution in [2.24, 2.45) is 7.05 Å². The fourth-order valence-electron chi connectivity index (χ4n) is 2.02. The molecule has 0 unspecified atom stereocenters. The number of hydrogen-bond donors (Lipinski definition) is 2. The maximum atomic E-state index is 12.3. The lowest BCUT2D eigenvalue weighted by Crippen LogP contribution is -2.49. The Morgan fingerprint density at radius 1 is 1.38 bits per heavy atom. The minimum atomic E-state index is -0.628. The third-order valence-corrected chi connectivity index (χ3v) is 3.19. The highest BCUT2D eigenvalue weighted by atomic mass is 16.2. The van der Waals surface area contributed by atoms with Crippen LogP contribution in [0.5, 0.6) is 0 Å². The van der Waals surface area contributed by atoms with Gasteiger partial charge < -0.3 is 10.6 Å². The number of tetrazole rings is 1. The second kappa shape index (κ2) is 6.01. The Morgan fingerprint density at radius 2 is 2.14 bits per heavy atom. The van der Waals surface area contributed by atoms with Crippen LogP contribution in [0.25, 0.3) is 11.4 Å². The highest BCUT2D eigenvalue weighted by Crippen LogP contribution is 2.20. The number of aryl methyl sites for hydroxylation is 1. The fourth-order valence-corrected chi connectivity index (χ4v) is 2.02. The van der Waals surface area contributed by atoms with Gasteiger partial charge in [0.15, 0.2) is 5.82 Å². The summed E-state index contributed by atoms with van der Waals surface area (Å²) in [5.41, 5.74) is 0.935. The Morgan fingerprint density at radius 3 is 2.76 bits per heavy atom. The Kier molecular flexibility index (Phi) is 4.32. The van der Waals surface area contributed by atoms with Gasteiger partial charge in [0.1, 0.15) is 0 Å². The molecule has 0 radical (unpaired) electrons. The molecule has 0 spiro atoms. The van der Waals surface area contributed by atoms with E-state index >= 15 is 0 Å². The molecule has 0 bridgehead atoms. The van der Waals surface area contributed by atoms with Crippen LogP contribution in [0.15, 0.2) is 24.3 Å². The Hall–Kier alpha value is -2.28. The van der Waals surface area contributed by atoms with Crippen molar-refractivity contribution < 1.29 is 4.79 Å². The number of carbonyl (C=O) groups is 1. The maximum Gasteiger partial charge on any atom is 0.244 e. The summed E-state index contributed by atoms with van der Waals surface area (Å²) in [5, 5.41) is 17.4. The topological polar surface area (TPSA) is 84.7 Å². The van der Waals surface area contributed by atoms with Crippen molar-refractivity contribution in [1.29, 1.82) is 0 Å². The lowest BCUT2D eigenvalue weighted by Gasteiger charge is -2.24. The Bertz CT molecular complexity index is 634. The number of amides is 1. The number of rotatable bonds is 5. The normalized spacial score (nSPS) is 11.4. The SMILES string of the molecule is CCNC(C)(C)C(=O)Nc1cccc(-c2nnnn2C)c1. The number of anilines is 1. The van der Waals surface area contributed by atoms with Crippen LogP contribution in [0.1, 0.15) is 20.8 Å². The first-order chi connectivity index (χ1) is 9.94. The van der Waals surface area contributed by atoms with E-state index in [4.69, 9.17) is 0 Å². The number of benzene rings is 1. The molecule has 1 aromatic carbocycles. The summed E-state index contributed by atoms with van der Waals surface area (Å²) in [6, 6.07) is 7.45. The summed E-state index contributed by atoms with van der Waals surface area (Å²) in [4.78, 5) is 12.3. The summed E-state index contributed by atoms with van der Waals surface area (Å²) in [7, 11) is 1.77. The van der Waals surface area contributed by atoms with Crippen LogP contribution < -0.4 is 10.6 Å². The van der Waals surface area contributed by atoms with Gasteiger partial charge in [0.2, 0.25) is 5.91 Å². The van der Waals surface area contributed by atoms with Crippen molar-refractivity contribution >= 4 is 11.6 Å². The first-order valence-electron chi connectivity index (χ1n) is 6.83. The fraction of sp³-hybridized carbons (Fsp3) is 0.429. The van der Waals surface area contributed by atoms with Gasteiger partial charge in [-0.25, -0.2) is 4.68 Å². The molecule has 0 atom stereocenters. The minimum absolute atomic E-state index is 0.0856. The van der Waals surface area contributed by atoms with E-state index in [-0.39, 0.29) is 5.91 Å². The van der Waals surface area contributed by atoms with Crippen molar-refractivity contribution in [3.05, 3.63) is 24.3 Å². The predicted molar refractivity (Wildman–Crippen MR) is 80.6 cm³/mol. The molecule has 2 rings (SSSR count). The van der Waals surface area contributed by atoms with Gasteiger partial charge in [-0.05, 0) is 43.0 Å². The number of nitrogens with zero attached hydrogens (tertiary/aromatic N) is 4. The summed E-state index contributed by atoms with van der Waals surface area (Å²) < 4.78 is 1.59. The number of nitrogens with one attached hydrogen (secondary N) is 2. The molecule has 0 saturated heterocycles. The molecule has 2 N–H and O–H groups in total. The van der Waals surface area contributed by atoms with Crippen molar-refractivity contribution in [3.63, 3.8) is 0 Å². The van der Waals surface area contributed by atoms with Crippen molar-refractivity contribution in [2.75, 3.05) is 11.9 Å². The van der Waals surface area contributed by atoms with Crippen LogP contribution in [-0.4, -0.2) is 38.2 Å². The van der Waals surface area contributed by atoms with Gasteiger partial charge >= 0.3 is 0 Å². The summed E-state index contributed by atoms with van der Waals surface area (Å²) >= 11 is 0. The second-order valence-corrected chi connectivity index (χ2v) is 5.32. The minimum Gasteiger partial charge on any atom is -0.324 e. The van der Waals surface area contributed by atoms with Crippen LogP contribution in [0.4, 0.5) is 5.69 Å². The lowest BCUT2D eigenvalue weighted by atomic mass is 10.0. The molecule has 2 aromatic rings. The zero-order chi connectivity index (χ0) is 15.5. The third kappa shape index (κ3) is 3.43. The first-order valence-corrected chi connectivity index (χ1v) is 6.83. The molecule has 1 amide bonds. The van der Waals surface area contributed by atoms with E-state index in [1.165, 1.54) is 0 Å². The zero-order valence-corrected chi connectivity index (χ0v) is 12.7. The van der Waals surface area contributed by atoms with Gasteiger partial charge in [0.25, 0.3) is 0 Å². The quantitative estimate of drug-likeness (QED) is 0.863. The highest BCUT2D eigenvalue weighted by Gasteiger charge is 2.26. The van der Waals surface area contributed by atoms with Gasteiger partial charge in [-0.1, -0.05) is 19.1 Å². The molecule has 0 aliphatic carbocycles. The zero-order valence-electron chi connectivity index (χ0n) is 12.7. The molecule has 7 nitrogen and oxygen atoms in total. The van der Waals surface area contributed by atoms with Crippen molar-refractivity contribution in [2.45, 2.75) is 26.3 Å². The number of hydrogen-bond acceptors (Lipinski definition) is 5. The van der Waals surface area contributed by atoms with E-state index < -0.39 is 5.54 Å². The van der Waals surface area contributed by atoms with Gasteiger partial charge in [-0.15, -0.1) is 5.10 Å². The standard InChI is InChI=1S/C14H20N6O/c1-5-15-14(2,3)13(21)16-11-8-6-7-10(9-11)12-17-18-19-20(12)4/h6-9,15H,5H2,1-4H3,(H,16,21). The van der Waals surface area contributed by atoms with Crippen LogP contribution in [0.3, 0.4) is 0 Å². The van der Waals surface area contributed by atoms with Crippen molar-refractivity contribution in [3.8, 4) is 11.4 Å². The molecule has 0 fully saturated rings. The third-order valence-electron chi connectivity index (χ3n) is 3.19. The molecule has 7 heteroatoms. The second-order valence-electron chi connectivity index (χ2n) is 5.32. The lowest BCUT2D eigenvalue weighted by molar-refractivity contribution is -0.121. The van der Waals surface area contributed by atoms with Crippen LogP contribution in [-0.2, 0) is 11.8 Å². The largest absolute Gasteiger partial charge is 0.324 e. The molecule has 0 aliphatic rings. The molecule has 112 valence electrons. The van der Waals surface area contributed by atoms with E-state index in [0.29, 0.717) is 11.5 Å². The number of aromatic nitrogens is 4. The molecule has 1 aromatic heterocycles. The molecular formula is C14H20N6O. The monoisotopic (exact) mass is 288 g/mol. The molecule has 0 saturated carbocycles. The van der Waals surface area contributed by atoms with E-state index in [9.17, 15) is 4.79 Å². The number of likely N-dealkylation sites (N-methyl/N-ethyl adjacent to an activating group) is 1. The van der Waals surface area contributed by atoms with Gasteiger partial charge in [0, 0.05) is 18.3 Å². The average molecular weight is 288 g/mol. The molecular weight excluding hydrogens is 268 g/mol. The predicted octanol–water partition coefficient (Wildman–Crippen LogP) is 1.20. The van der Waals surface area contributed by atoms with Gasteiger partial charge in [-0.2, -0.15) is 0 Å². The smallest absolute Gasteiger partial charge is 0.244 e. The van der Waals surface area contributed by atoms with Crippen molar-refractivity contribution in [1.82, 2.24) is 25.5 Å².